The fourth-order valence-corrected chi connectivity index (χ4v) is 9.40. The van der Waals surface area contributed by atoms with E-state index in [1.54, 1.807) is 0 Å². The Hall–Kier alpha value is -6.38. The van der Waals surface area contributed by atoms with Crippen LogP contribution in [0.3, 0.4) is 0 Å². The number of nitrogens with zero attached hydrogens (tertiary/aromatic N) is 2. The summed E-state index contributed by atoms with van der Waals surface area (Å²) in [6.45, 7) is 0. The van der Waals surface area contributed by atoms with Crippen molar-refractivity contribution in [1.29, 1.82) is 0 Å². The van der Waals surface area contributed by atoms with E-state index in [0.717, 1.165) is 12.8 Å². The van der Waals surface area contributed by atoms with Crippen molar-refractivity contribution >= 4 is 55.4 Å². The lowest BCUT2D eigenvalue weighted by Crippen LogP contribution is -2.44. The molecule has 1 heterocycles. The number of benzene rings is 7. The molecule has 246 valence electrons. The minimum Gasteiger partial charge on any atom is -0.358 e. The third kappa shape index (κ3) is 4.37. The lowest BCUT2D eigenvalue weighted by atomic mass is 9.88. The smallest absolute Gasteiger partial charge is 0.0537 e. The molecule has 0 saturated heterocycles. The predicted octanol–water partition coefficient (Wildman–Crippen LogP) is 12.3. The van der Waals surface area contributed by atoms with Gasteiger partial charge in [0.15, 0.2) is 0 Å². The molecule has 11 rings (SSSR count). The highest BCUT2D eigenvalue weighted by Gasteiger charge is 2.34. The highest BCUT2D eigenvalue weighted by Crippen LogP contribution is 2.51. The van der Waals surface area contributed by atoms with Gasteiger partial charge in [-0.1, -0.05) is 152 Å². The molecule has 2 atom stereocenters. The molecule has 2 nitrogen and oxygen atoms in total. The molecule has 3 aliphatic carbocycles. The first-order chi connectivity index (χ1) is 25.8. The quantitative estimate of drug-likeness (QED) is 0.166. The Bertz CT molecular complexity index is 2800. The molecule has 3 aliphatic rings. The fraction of sp³-hybridized carbons (Fsp3) is 0.0800. The van der Waals surface area contributed by atoms with Gasteiger partial charge in [-0.3, -0.25) is 0 Å². The zero-order valence-electron chi connectivity index (χ0n) is 28.8. The number of anilines is 1. The summed E-state index contributed by atoms with van der Waals surface area (Å²) in [5, 5.41) is 6.67. The molecule has 52 heavy (non-hydrogen) atoms. The maximum absolute atomic E-state index is 2.69. The van der Waals surface area contributed by atoms with Crippen molar-refractivity contribution in [2.24, 2.45) is 0 Å². The van der Waals surface area contributed by atoms with E-state index in [-0.39, 0.29) is 12.1 Å². The van der Waals surface area contributed by atoms with Crippen molar-refractivity contribution < 1.29 is 0 Å². The van der Waals surface area contributed by atoms with E-state index in [1.165, 1.54) is 88.5 Å². The summed E-state index contributed by atoms with van der Waals surface area (Å²) >= 11 is 0. The second-order valence-electron chi connectivity index (χ2n) is 14.3. The molecule has 0 N–H and O–H groups in total. The summed E-state index contributed by atoms with van der Waals surface area (Å²) in [4.78, 5) is 2.69. The van der Waals surface area contributed by atoms with Crippen LogP contribution in [0.2, 0.25) is 0 Å². The van der Waals surface area contributed by atoms with Gasteiger partial charge in [0.2, 0.25) is 0 Å². The minimum atomic E-state index is 0.162. The van der Waals surface area contributed by atoms with E-state index in [0.29, 0.717) is 0 Å². The lowest BCUT2D eigenvalue weighted by molar-refractivity contribution is 0.603. The largest absolute Gasteiger partial charge is 0.358 e. The molecule has 7 aromatic carbocycles. The van der Waals surface area contributed by atoms with Crippen molar-refractivity contribution in [3.8, 4) is 16.8 Å². The molecule has 0 spiro atoms. The van der Waals surface area contributed by atoms with Gasteiger partial charge in [-0.25, -0.2) is 0 Å². The van der Waals surface area contributed by atoms with E-state index >= 15 is 0 Å². The van der Waals surface area contributed by atoms with Crippen LogP contribution in [-0.4, -0.2) is 16.7 Å². The average molecular weight is 665 g/mol. The Kier molecular flexibility index (Phi) is 6.54. The Morgan fingerprint density at radius 2 is 1.29 bits per heavy atom. The van der Waals surface area contributed by atoms with Crippen molar-refractivity contribution in [2.75, 3.05) is 4.90 Å². The van der Waals surface area contributed by atoms with Gasteiger partial charge >= 0.3 is 0 Å². The Morgan fingerprint density at radius 1 is 0.577 bits per heavy atom. The number of rotatable bonds is 5. The van der Waals surface area contributed by atoms with Crippen LogP contribution >= 0.6 is 0 Å². The van der Waals surface area contributed by atoms with Crippen LogP contribution in [0.1, 0.15) is 28.8 Å². The van der Waals surface area contributed by atoms with Gasteiger partial charge in [-0.15, -0.1) is 0 Å². The molecule has 0 fully saturated rings. The number of para-hydroxylation sites is 3. The van der Waals surface area contributed by atoms with Crippen LogP contribution in [0.4, 0.5) is 5.69 Å². The molecule has 2 heteroatoms. The van der Waals surface area contributed by atoms with Gasteiger partial charge in [0, 0.05) is 34.3 Å². The second kappa shape index (κ2) is 11.6. The van der Waals surface area contributed by atoms with E-state index in [4.69, 9.17) is 0 Å². The summed E-state index contributed by atoms with van der Waals surface area (Å²) in [7, 11) is 0. The molecule has 0 bridgehead atoms. The summed E-state index contributed by atoms with van der Waals surface area (Å²) in [5.74, 6) is 0. The van der Waals surface area contributed by atoms with Gasteiger partial charge in [-0.05, 0) is 86.1 Å². The van der Waals surface area contributed by atoms with Crippen LogP contribution in [0, 0.1) is 0 Å². The fourth-order valence-electron chi connectivity index (χ4n) is 9.40. The number of hydrogen-bond acceptors (Lipinski definition) is 1. The van der Waals surface area contributed by atoms with Gasteiger partial charge in [0.05, 0.1) is 23.3 Å². The molecule has 1 aromatic heterocycles. The van der Waals surface area contributed by atoms with Gasteiger partial charge in [0.1, 0.15) is 0 Å². The first-order valence-corrected chi connectivity index (χ1v) is 18.5. The second-order valence-corrected chi connectivity index (χ2v) is 14.3. The SMILES string of the molecule is C1=CC(N(c2ccccc2)C2C=C3C(=CC2)c2cccc4cc5ccccc5c3c24)Cc2c1c1ccccc1n2-c1ccccc1-c1ccccc1. The average Bonchev–Trinajstić information content (AvgIpc) is 3.72. The van der Waals surface area contributed by atoms with E-state index in [9.17, 15) is 0 Å². The first kappa shape index (κ1) is 29.4. The van der Waals surface area contributed by atoms with Crippen molar-refractivity contribution in [2.45, 2.75) is 24.9 Å². The third-order valence-electron chi connectivity index (χ3n) is 11.6. The molecule has 0 aliphatic heterocycles. The molecule has 8 aromatic rings. The van der Waals surface area contributed by atoms with Crippen LogP contribution in [0.5, 0.6) is 0 Å². The Balaban J connectivity index is 1.07. The van der Waals surface area contributed by atoms with E-state index in [1.807, 2.05) is 0 Å². The van der Waals surface area contributed by atoms with Gasteiger partial charge in [0.25, 0.3) is 0 Å². The molecule has 0 amide bonds. The minimum absolute atomic E-state index is 0.162. The van der Waals surface area contributed by atoms with E-state index in [2.05, 4.69) is 191 Å². The lowest BCUT2D eigenvalue weighted by Gasteiger charge is -2.40. The van der Waals surface area contributed by atoms with Crippen molar-refractivity contribution in [3.05, 3.63) is 198 Å². The molecule has 0 saturated carbocycles. The summed E-state index contributed by atoms with van der Waals surface area (Å²) < 4.78 is 2.55. The predicted molar refractivity (Wildman–Crippen MR) is 220 cm³/mol. The van der Waals surface area contributed by atoms with Gasteiger partial charge < -0.3 is 9.47 Å². The van der Waals surface area contributed by atoms with Gasteiger partial charge in [-0.2, -0.15) is 0 Å². The normalized spacial score (nSPS) is 17.2. The zero-order chi connectivity index (χ0) is 34.2. The number of fused-ring (bicyclic) bond motifs is 8. The van der Waals surface area contributed by atoms with Crippen molar-refractivity contribution in [1.82, 2.24) is 4.57 Å². The van der Waals surface area contributed by atoms with E-state index < -0.39 is 0 Å². The number of hydrogen-bond donors (Lipinski definition) is 0. The van der Waals surface area contributed by atoms with Crippen LogP contribution in [-0.2, 0) is 6.42 Å². The number of aromatic nitrogens is 1. The Morgan fingerprint density at radius 3 is 2.17 bits per heavy atom. The molecule has 0 radical (unpaired) electrons. The topological polar surface area (TPSA) is 8.17 Å². The molecular weight excluding hydrogens is 629 g/mol. The summed E-state index contributed by atoms with van der Waals surface area (Å²) in [6, 6.07) is 58.2. The summed E-state index contributed by atoms with van der Waals surface area (Å²) in [5.41, 5.74) is 14.4. The maximum Gasteiger partial charge on any atom is 0.0537 e. The molecular formula is C50H36N2. The molecule has 2 unspecified atom stereocenters. The van der Waals surface area contributed by atoms with Crippen LogP contribution in [0.25, 0.3) is 66.5 Å². The van der Waals surface area contributed by atoms with Crippen molar-refractivity contribution in [3.63, 3.8) is 0 Å². The number of allylic oxidation sites excluding steroid dienone is 2. The monoisotopic (exact) mass is 664 g/mol. The standard InChI is InChI=1S/C50H36N2/c1-3-14-33(15-4-1)39-20-9-11-24-46(39)52-47-25-12-10-22-42(47)43-29-27-38(32-48(43)52)51(36-18-5-2-6-19-36)37-26-28-41-44-23-13-17-35-30-34-16-7-8-21-40(34)50(49(35)44)45(41)31-37/h1-25,27-31,37-38H,26,32H2. The highest BCUT2D eigenvalue weighted by molar-refractivity contribution is 6.28. The third-order valence-corrected chi connectivity index (χ3v) is 11.6. The first-order valence-electron chi connectivity index (χ1n) is 18.5. The van der Waals surface area contributed by atoms with Crippen LogP contribution < -0.4 is 4.90 Å². The highest BCUT2D eigenvalue weighted by atomic mass is 15.2. The summed E-state index contributed by atoms with van der Waals surface area (Å²) in [6.07, 6.45) is 11.8. The Labute approximate surface area is 303 Å². The van der Waals surface area contributed by atoms with Crippen LogP contribution in [0.15, 0.2) is 176 Å². The zero-order valence-corrected chi connectivity index (χ0v) is 28.8. The maximum atomic E-state index is 2.69.